The van der Waals surface area contributed by atoms with Crippen LogP contribution in [0.25, 0.3) is 0 Å². The highest BCUT2D eigenvalue weighted by Crippen LogP contribution is 2.29. The van der Waals surface area contributed by atoms with Gasteiger partial charge in [-0.3, -0.25) is 4.79 Å². The van der Waals surface area contributed by atoms with Gasteiger partial charge in [-0.2, -0.15) is 0 Å². The summed E-state index contributed by atoms with van der Waals surface area (Å²) in [5.74, 6) is 0.416. The second-order valence-corrected chi connectivity index (χ2v) is 5.12. The molecular formula is C10H18BrNO2. The van der Waals surface area contributed by atoms with E-state index >= 15 is 0 Å². The number of hydrogen-bond acceptors (Lipinski definition) is 2. The van der Waals surface area contributed by atoms with Gasteiger partial charge in [0.1, 0.15) is 0 Å². The highest BCUT2D eigenvalue weighted by molar-refractivity contribution is 9.10. The molecule has 4 heteroatoms. The fourth-order valence-corrected chi connectivity index (χ4v) is 1.67. The van der Waals surface area contributed by atoms with E-state index in [1.54, 1.807) is 4.90 Å². The fraction of sp³-hybridized carbons (Fsp3) is 0.900. The van der Waals surface area contributed by atoms with E-state index in [9.17, 15) is 4.79 Å². The van der Waals surface area contributed by atoms with Crippen LogP contribution in [-0.4, -0.2) is 39.9 Å². The molecule has 0 aliphatic heterocycles. The van der Waals surface area contributed by atoms with Gasteiger partial charge in [0.2, 0.25) is 5.91 Å². The summed E-state index contributed by atoms with van der Waals surface area (Å²) in [6.45, 7) is 4.56. The van der Waals surface area contributed by atoms with E-state index in [0.717, 1.165) is 12.8 Å². The van der Waals surface area contributed by atoms with Crippen LogP contribution in [0.4, 0.5) is 0 Å². The minimum atomic E-state index is -0.116. The Balaban J connectivity index is 2.53. The first-order valence-electron chi connectivity index (χ1n) is 5.13. The van der Waals surface area contributed by atoms with Gasteiger partial charge >= 0.3 is 0 Å². The standard InChI is InChI=1S/C10H18BrNO2/c1-7(2)9(11)10(14)12(5-6-13)8-3-4-8/h7-9,13H,3-6H2,1-2H3. The zero-order valence-electron chi connectivity index (χ0n) is 8.74. The van der Waals surface area contributed by atoms with Crippen LogP contribution in [0.5, 0.6) is 0 Å². The van der Waals surface area contributed by atoms with Crippen LogP contribution in [0.3, 0.4) is 0 Å². The van der Waals surface area contributed by atoms with E-state index in [4.69, 9.17) is 5.11 Å². The van der Waals surface area contributed by atoms with Crippen molar-refractivity contribution in [2.45, 2.75) is 37.6 Å². The first-order valence-corrected chi connectivity index (χ1v) is 6.05. The molecule has 0 saturated heterocycles. The number of rotatable bonds is 5. The Morgan fingerprint density at radius 2 is 2.14 bits per heavy atom. The third-order valence-corrected chi connectivity index (χ3v) is 3.88. The number of aliphatic hydroxyl groups is 1. The van der Waals surface area contributed by atoms with Crippen LogP contribution in [0.2, 0.25) is 0 Å². The molecule has 0 bridgehead atoms. The largest absolute Gasteiger partial charge is 0.395 e. The minimum absolute atomic E-state index is 0.0556. The maximum absolute atomic E-state index is 11.9. The quantitative estimate of drug-likeness (QED) is 0.762. The molecule has 0 radical (unpaired) electrons. The summed E-state index contributed by atoms with van der Waals surface area (Å²) in [5, 5.41) is 8.87. The Bertz CT molecular complexity index is 204. The molecule has 0 spiro atoms. The van der Waals surface area contributed by atoms with Gasteiger partial charge in [0.15, 0.2) is 0 Å². The third-order valence-electron chi connectivity index (χ3n) is 2.43. The van der Waals surface area contributed by atoms with Crippen molar-refractivity contribution in [3.63, 3.8) is 0 Å². The molecule has 1 N–H and O–H groups in total. The smallest absolute Gasteiger partial charge is 0.236 e. The zero-order chi connectivity index (χ0) is 10.7. The Morgan fingerprint density at radius 3 is 2.50 bits per heavy atom. The van der Waals surface area contributed by atoms with Crippen LogP contribution < -0.4 is 0 Å². The summed E-state index contributed by atoms with van der Waals surface area (Å²) in [6, 6.07) is 0.383. The minimum Gasteiger partial charge on any atom is -0.395 e. The van der Waals surface area contributed by atoms with Gasteiger partial charge < -0.3 is 10.0 Å². The fourth-order valence-electron chi connectivity index (χ4n) is 1.41. The molecule has 1 atom stereocenters. The van der Waals surface area contributed by atoms with Crippen LogP contribution >= 0.6 is 15.9 Å². The first-order chi connectivity index (χ1) is 6.57. The van der Waals surface area contributed by atoms with Gasteiger partial charge in [0.05, 0.1) is 11.4 Å². The SMILES string of the molecule is CC(C)C(Br)C(=O)N(CCO)C1CC1. The molecule has 1 aliphatic carbocycles. The molecule has 14 heavy (non-hydrogen) atoms. The predicted molar refractivity (Wildman–Crippen MR) is 59.4 cm³/mol. The lowest BCUT2D eigenvalue weighted by molar-refractivity contribution is -0.132. The zero-order valence-corrected chi connectivity index (χ0v) is 10.3. The number of carbonyl (C=O) groups excluding carboxylic acids is 1. The van der Waals surface area contributed by atoms with Crippen molar-refractivity contribution >= 4 is 21.8 Å². The summed E-state index contributed by atoms with van der Waals surface area (Å²) in [6.07, 6.45) is 2.17. The lowest BCUT2D eigenvalue weighted by Crippen LogP contribution is -2.41. The number of amides is 1. The van der Waals surface area contributed by atoms with Crippen LogP contribution in [0, 0.1) is 5.92 Å². The molecule has 1 saturated carbocycles. The average molecular weight is 264 g/mol. The van der Waals surface area contributed by atoms with Gasteiger partial charge in [-0.15, -0.1) is 0 Å². The number of carbonyl (C=O) groups is 1. The average Bonchev–Trinajstić information content (AvgIpc) is 2.95. The van der Waals surface area contributed by atoms with E-state index in [1.807, 2.05) is 13.8 Å². The third kappa shape index (κ3) is 2.95. The number of alkyl halides is 1. The Labute approximate surface area is 93.6 Å². The molecule has 3 nitrogen and oxygen atoms in total. The summed E-state index contributed by atoms with van der Waals surface area (Å²) in [4.78, 5) is 13.6. The summed E-state index contributed by atoms with van der Waals surface area (Å²) >= 11 is 3.40. The first kappa shape index (κ1) is 12.0. The number of nitrogens with zero attached hydrogens (tertiary/aromatic N) is 1. The molecule has 1 rings (SSSR count). The van der Waals surface area contributed by atoms with Crippen LogP contribution in [-0.2, 0) is 4.79 Å². The molecule has 1 amide bonds. The normalized spacial score (nSPS) is 18.4. The molecule has 0 heterocycles. The molecular weight excluding hydrogens is 246 g/mol. The maximum atomic E-state index is 11.9. The van der Waals surface area contributed by atoms with E-state index in [1.165, 1.54) is 0 Å². The van der Waals surface area contributed by atoms with Gasteiger partial charge in [0.25, 0.3) is 0 Å². The highest BCUT2D eigenvalue weighted by atomic mass is 79.9. The van der Waals surface area contributed by atoms with E-state index < -0.39 is 0 Å². The van der Waals surface area contributed by atoms with Gasteiger partial charge in [-0.25, -0.2) is 0 Å². The molecule has 1 fully saturated rings. The van der Waals surface area contributed by atoms with Crippen molar-refractivity contribution in [2.75, 3.05) is 13.2 Å². The molecule has 1 aliphatic rings. The molecule has 0 aromatic rings. The summed E-state index contributed by atoms with van der Waals surface area (Å²) < 4.78 is 0. The second-order valence-electron chi connectivity index (χ2n) is 4.13. The van der Waals surface area contributed by atoms with Gasteiger partial charge in [0, 0.05) is 12.6 Å². The monoisotopic (exact) mass is 263 g/mol. The lowest BCUT2D eigenvalue weighted by atomic mass is 10.1. The number of halogens is 1. The van der Waals surface area contributed by atoms with E-state index in [-0.39, 0.29) is 17.3 Å². The maximum Gasteiger partial charge on any atom is 0.236 e. The molecule has 0 aromatic carbocycles. The van der Waals surface area contributed by atoms with Crippen molar-refractivity contribution in [3.05, 3.63) is 0 Å². The van der Waals surface area contributed by atoms with Crippen molar-refractivity contribution in [2.24, 2.45) is 5.92 Å². The lowest BCUT2D eigenvalue weighted by Gasteiger charge is -2.25. The Morgan fingerprint density at radius 1 is 1.57 bits per heavy atom. The molecule has 82 valence electrons. The van der Waals surface area contributed by atoms with Crippen molar-refractivity contribution < 1.29 is 9.90 Å². The number of hydrogen-bond donors (Lipinski definition) is 1. The Kier molecular flexibility index (Phi) is 4.38. The molecule has 1 unspecified atom stereocenters. The van der Waals surface area contributed by atoms with Crippen LogP contribution in [0.1, 0.15) is 26.7 Å². The highest BCUT2D eigenvalue weighted by Gasteiger charge is 2.35. The van der Waals surface area contributed by atoms with Crippen molar-refractivity contribution in [3.8, 4) is 0 Å². The van der Waals surface area contributed by atoms with Crippen molar-refractivity contribution in [1.82, 2.24) is 4.90 Å². The number of aliphatic hydroxyl groups excluding tert-OH is 1. The van der Waals surface area contributed by atoms with E-state index in [0.29, 0.717) is 18.5 Å². The van der Waals surface area contributed by atoms with Gasteiger partial charge in [-0.1, -0.05) is 29.8 Å². The summed E-state index contributed by atoms with van der Waals surface area (Å²) in [7, 11) is 0. The molecule has 0 aromatic heterocycles. The van der Waals surface area contributed by atoms with Crippen LogP contribution in [0.15, 0.2) is 0 Å². The topological polar surface area (TPSA) is 40.5 Å². The van der Waals surface area contributed by atoms with E-state index in [2.05, 4.69) is 15.9 Å². The predicted octanol–water partition coefficient (Wildman–Crippen LogP) is 1.39. The van der Waals surface area contributed by atoms with Crippen molar-refractivity contribution in [1.29, 1.82) is 0 Å². The second kappa shape index (κ2) is 5.12. The summed E-state index contributed by atoms with van der Waals surface area (Å²) in [5.41, 5.74) is 0. The van der Waals surface area contributed by atoms with Gasteiger partial charge in [-0.05, 0) is 18.8 Å². The Hall–Kier alpha value is -0.0900.